The molecule has 0 aromatic rings. The molecule has 14 heavy (non-hydrogen) atoms. The number of rotatable bonds is 5. The number of allylic oxidation sites excluding steroid dienone is 1. The summed E-state index contributed by atoms with van der Waals surface area (Å²) in [5.41, 5.74) is 0. The average molecular weight is 198 g/mol. The normalized spacial score (nSPS) is 10.7. The van der Waals surface area contributed by atoms with Crippen molar-refractivity contribution in [1.29, 1.82) is 0 Å². The Bertz CT molecular complexity index is 241. The first kappa shape index (κ1) is 12.4. The summed E-state index contributed by atoms with van der Waals surface area (Å²) in [6.07, 6.45) is 5.83. The topological polar surface area (TPSA) is 52.6 Å². The largest absolute Gasteiger partial charge is 0.463 e. The summed E-state index contributed by atoms with van der Waals surface area (Å²) in [4.78, 5) is 21.6. The molecule has 0 aliphatic rings. The van der Waals surface area contributed by atoms with Crippen LogP contribution in [0.4, 0.5) is 0 Å². The molecular weight excluding hydrogens is 184 g/mol. The van der Waals surface area contributed by atoms with E-state index in [1.54, 1.807) is 13.0 Å². The van der Waals surface area contributed by atoms with E-state index in [9.17, 15) is 9.59 Å². The fourth-order valence-electron chi connectivity index (χ4n) is 0.577. The van der Waals surface area contributed by atoms with Gasteiger partial charge in [-0.1, -0.05) is 6.92 Å². The zero-order chi connectivity index (χ0) is 10.8. The molecule has 0 aliphatic carbocycles. The molecule has 4 nitrogen and oxygen atoms in total. The fraction of sp³-hybridized carbons (Fsp3) is 0.400. The second-order valence-electron chi connectivity index (χ2n) is 2.30. The third-order valence-electron chi connectivity index (χ3n) is 1.16. The van der Waals surface area contributed by atoms with E-state index in [4.69, 9.17) is 0 Å². The van der Waals surface area contributed by atoms with Crippen LogP contribution >= 0.6 is 0 Å². The molecule has 0 saturated carbocycles. The third-order valence-corrected chi connectivity index (χ3v) is 1.16. The SMILES string of the molecule is CCC=COC(=O)C=CC(=O)OCC. The molecule has 0 aromatic carbocycles. The van der Waals surface area contributed by atoms with Gasteiger partial charge in [0.15, 0.2) is 0 Å². The minimum absolute atomic E-state index is 0.286. The Balaban J connectivity index is 3.81. The molecular formula is C10H14O4. The predicted octanol–water partition coefficient (Wildman–Crippen LogP) is 1.57. The van der Waals surface area contributed by atoms with Crippen molar-refractivity contribution in [3.8, 4) is 0 Å². The van der Waals surface area contributed by atoms with Crippen molar-refractivity contribution in [3.63, 3.8) is 0 Å². The number of ether oxygens (including phenoxy) is 2. The summed E-state index contributed by atoms with van der Waals surface area (Å²) in [5.74, 6) is -1.15. The van der Waals surface area contributed by atoms with Gasteiger partial charge >= 0.3 is 11.9 Å². The van der Waals surface area contributed by atoms with Crippen molar-refractivity contribution in [1.82, 2.24) is 0 Å². The Morgan fingerprint density at radius 1 is 1.14 bits per heavy atom. The van der Waals surface area contributed by atoms with Crippen LogP contribution in [0.15, 0.2) is 24.5 Å². The van der Waals surface area contributed by atoms with Crippen LogP contribution < -0.4 is 0 Å². The molecule has 4 heteroatoms. The first-order valence-corrected chi connectivity index (χ1v) is 4.41. The van der Waals surface area contributed by atoms with Crippen LogP contribution in [-0.4, -0.2) is 18.5 Å². The zero-order valence-corrected chi connectivity index (χ0v) is 8.36. The van der Waals surface area contributed by atoms with E-state index in [2.05, 4.69) is 9.47 Å². The van der Waals surface area contributed by atoms with Crippen molar-refractivity contribution < 1.29 is 19.1 Å². The van der Waals surface area contributed by atoms with Gasteiger partial charge in [0, 0.05) is 12.2 Å². The monoisotopic (exact) mass is 198 g/mol. The quantitative estimate of drug-likeness (QED) is 0.382. The fourth-order valence-corrected chi connectivity index (χ4v) is 0.577. The van der Waals surface area contributed by atoms with Gasteiger partial charge < -0.3 is 9.47 Å². The van der Waals surface area contributed by atoms with Crippen LogP contribution in [0, 0.1) is 0 Å². The van der Waals surface area contributed by atoms with Gasteiger partial charge in [-0.25, -0.2) is 9.59 Å². The lowest BCUT2D eigenvalue weighted by molar-refractivity contribution is -0.138. The lowest BCUT2D eigenvalue weighted by atomic mass is 10.5. The minimum atomic E-state index is -0.595. The molecule has 0 saturated heterocycles. The first-order chi connectivity index (χ1) is 6.70. The van der Waals surface area contributed by atoms with E-state index < -0.39 is 11.9 Å². The molecule has 0 amide bonds. The molecule has 0 radical (unpaired) electrons. The van der Waals surface area contributed by atoms with Gasteiger partial charge in [0.25, 0.3) is 0 Å². The van der Waals surface area contributed by atoms with Crippen LogP contribution in [0.3, 0.4) is 0 Å². The van der Waals surface area contributed by atoms with Gasteiger partial charge in [-0.3, -0.25) is 0 Å². The first-order valence-electron chi connectivity index (χ1n) is 4.41. The maximum atomic E-state index is 10.9. The molecule has 0 spiro atoms. The van der Waals surface area contributed by atoms with Crippen LogP contribution in [0.25, 0.3) is 0 Å². The summed E-state index contributed by atoms with van der Waals surface area (Å²) in [5, 5.41) is 0. The highest BCUT2D eigenvalue weighted by molar-refractivity contribution is 5.91. The van der Waals surface area contributed by atoms with Gasteiger partial charge in [0.2, 0.25) is 0 Å². The van der Waals surface area contributed by atoms with Crippen molar-refractivity contribution >= 4 is 11.9 Å². The van der Waals surface area contributed by atoms with Crippen molar-refractivity contribution in [2.45, 2.75) is 20.3 Å². The maximum Gasteiger partial charge on any atom is 0.335 e. The molecule has 0 atom stereocenters. The third kappa shape index (κ3) is 7.09. The summed E-state index contributed by atoms with van der Waals surface area (Å²) in [7, 11) is 0. The summed E-state index contributed by atoms with van der Waals surface area (Å²) in [6.45, 7) is 3.89. The van der Waals surface area contributed by atoms with E-state index in [0.717, 1.165) is 18.6 Å². The second kappa shape index (κ2) is 8.04. The summed E-state index contributed by atoms with van der Waals surface area (Å²) in [6, 6.07) is 0. The highest BCUT2D eigenvalue weighted by Gasteiger charge is 1.97. The van der Waals surface area contributed by atoms with Gasteiger partial charge in [-0.05, 0) is 19.4 Å². The molecule has 0 rings (SSSR count). The Morgan fingerprint density at radius 2 is 1.79 bits per heavy atom. The van der Waals surface area contributed by atoms with Crippen LogP contribution in [-0.2, 0) is 19.1 Å². The summed E-state index contributed by atoms with van der Waals surface area (Å²) < 4.78 is 9.16. The lowest BCUT2D eigenvalue weighted by Crippen LogP contribution is -2.01. The minimum Gasteiger partial charge on any atom is -0.463 e. The van der Waals surface area contributed by atoms with E-state index >= 15 is 0 Å². The number of esters is 2. The molecule has 0 fully saturated rings. The highest BCUT2D eigenvalue weighted by Crippen LogP contribution is 1.87. The Morgan fingerprint density at radius 3 is 2.36 bits per heavy atom. The van der Waals surface area contributed by atoms with Gasteiger partial charge in [0.1, 0.15) is 0 Å². The molecule has 0 N–H and O–H groups in total. The van der Waals surface area contributed by atoms with E-state index in [1.807, 2.05) is 6.92 Å². The van der Waals surface area contributed by atoms with Crippen LogP contribution in [0.2, 0.25) is 0 Å². The maximum absolute atomic E-state index is 10.9. The highest BCUT2D eigenvalue weighted by atomic mass is 16.5. The Kier molecular flexibility index (Phi) is 7.13. The van der Waals surface area contributed by atoms with E-state index in [1.165, 1.54) is 6.26 Å². The van der Waals surface area contributed by atoms with Gasteiger partial charge in [0.05, 0.1) is 12.9 Å². The molecule has 78 valence electrons. The standard InChI is InChI=1S/C10H14O4/c1-3-5-8-14-10(12)7-6-9(11)13-4-2/h5-8H,3-4H2,1-2H3. The van der Waals surface area contributed by atoms with E-state index in [0.29, 0.717) is 0 Å². The predicted molar refractivity (Wildman–Crippen MR) is 51.3 cm³/mol. The lowest BCUT2D eigenvalue weighted by Gasteiger charge is -1.94. The number of hydrogen-bond donors (Lipinski definition) is 0. The Labute approximate surface area is 83.2 Å². The zero-order valence-electron chi connectivity index (χ0n) is 8.36. The smallest absolute Gasteiger partial charge is 0.335 e. The van der Waals surface area contributed by atoms with Crippen LogP contribution in [0.5, 0.6) is 0 Å². The number of hydrogen-bond acceptors (Lipinski definition) is 4. The number of carbonyl (C=O) groups is 2. The average Bonchev–Trinajstić information content (AvgIpc) is 2.16. The molecule has 0 unspecified atom stereocenters. The molecule has 0 aliphatic heterocycles. The summed E-state index contributed by atoms with van der Waals surface area (Å²) >= 11 is 0. The van der Waals surface area contributed by atoms with Crippen molar-refractivity contribution in [3.05, 3.63) is 24.5 Å². The Hall–Kier alpha value is -1.58. The van der Waals surface area contributed by atoms with Gasteiger partial charge in [-0.2, -0.15) is 0 Å². The van der Waals surface area contributed by atoms with Crippen molar-refractivity contribution in [2.75, 3.05) is 6.61 Å². The molecule has 0 heterocycles. The molecule has 0 aromatic heterocycles. The van der Waals surface area contributed by atoms with E-state index in [-0.39, 0.29) is 6.61 Å². The van der Waals surface area contributed by atoms with Crippen LogP contribution in [0.1, 0.15) is 20.3 Å². The second-order valence-corrected chi connectivity index (χ2v) is 2.30. The molecule has 0 bridgehead atoms. The van der Waals surface area contributed by atoms with Gasteiger partial charge in [-0.15, -0.1) is 0 Å². The van der Waals surface area contributed by atoms with Crippen molar-refractivity contribution in [2.24, 2.45) is 0 Å². The number of carbonyl (C=O) groups excluding carboxylic acids is 2.